The summed E-state index contributed by atoms with van der Waals surface area (Å²) < 4.78 is 52.1. The second-order valence-electron chi connectivity index (χ2n) is 5.09. The van der Waals surface area contributed by atoms with Crippen molar-refractivity contribution in [1.29, 1.82) is 0 Å². The van der Waals surface area contributed by atoms with Crippen LogP contribution in [0.5, 0.6) is 0 Å². The number of hydrogen-bond acceptors (Lipinski definition) is 5. The smallest absolute Gasteiger partial charge is 0.338 e. The molecule has 0 aliphatic carbocycles. The number of anilines is 4. The monoisotopic (exact) mass is 383 g/mol. The molecule has 1 aromatic heterocycles. The summed E-state index contributed by atoms with van der Waals surface area (Å²) in [6, 6.07) is 8.71. The molecule has 3 rings (SSSR count). The van der Waals surface area contributed by atoms with Crippen molar-refractivity contribution >= 4 is 34.7 Å². The molecule has 3 aromatic rings. The number of hydrogen-bond donors (Lipinski definition) is 2. The molecule has 0 saturated carbocycles. The Morgan fingerprint density at radius 3 is 2.46 bits per heavy atom. The van der Waals surface area contributed by atoms with Crippen molar-refractivity contribution in [3.63, 3.8) is 0 Å². The molecule has 0 atom stereocenters. The Morgan fingerprint density at radius 1 is 0.962 bits per heavy atom. The van der Waals surface area contributed by atoms with E-state index in [-0.39, 0.29) is 28.2 Å². The molecule has 0 unspecified atom stereocenters. The normalized spacial score (nSPS) is 11.3. The Labute approximate surface area is 150 Å². The largest absolute Gasteiger partial charge is 0.416 e. The number of aromatic nitrogens is 3. The Bertz CT molecular complexity index is 933. The van der Waals surface area contributed by atoms with Crippen LogP contribution in [0, 0.1) is 5.82 Å². The molecule has 134 valence electrons. The van der Waals surface area contributed by atoms with E-state index in [2.05, 4.69) is 25.8 Å². The van der Waals surface area contributed by atoms with Gasteiger partial charge in [0, 0.05) is 0 Å². The van der Waals surface area contributed by atoms with Crippen LogP contribution in [0.25, 0.3) is 0 Å². The zero-order valence-corrected chi connectivity index (χ0v) is 13.6. The minimum atomic E-state index is -4.51. The van der Waals surface area contributed by atoms with Crippen LogP contribution in [-0.2, 0) is 6.18 Å². The fourth-order valence-corrected chi connectivity index (χ4v) is 2.20. The average molecular weight is 384 g/mol. The van der Waals surface area contributed by atoms with Crippen LogP contribution in [-0.4, -0.2) is 15.2 Å². The Kier molecular flexibility index (Phi) is 4.90. The number of rotatable bonds is 4. The SMILES string of the molecule is Fc1ccccc1Nc1nncc(Nc2cc(C(F)(F)F)ccc2Cl)n1. The molecule has 0 radical (unpaired) electrons. The van der Waals surface area contributed by atoms with Crippen molar-refractivity contribution in [2.75, 3.05) is 10.6 Å². The van der Waals surface area contributed by atoms with E-state index in [9.17, 15) is 17.6 Å². The van der Waals surface area contributed by atoms with Crippen LogP contribution >= 0.6 is 11.6 Å². The Morgan fingerprint density at radius 2 is 1.73 bits per heavy atom. The van der Waals surface area contributed by atoms with Crippen molar-refractivity contribution in [1.82, 2.24) is 15.2 Å². The van der Waals surface area contributed by atoms with E-state index >= 15 is 0 Å². The van der Waals surface area contributed by atoms with Gasteiger partial charge in [-0.1, -0.05) is 23.7 Å². The van der Waals surface area contributed by atoms with Crippen LogP contribution in [0.15, 0.2) is 48.7 Å². The zero-order valence-electron chi connectivity index (χ0n) is 12.9. The molecule has 0 amide bonds. The first-order chi connectivity index (χ1) is 12.3. The number of alkyl halides is 3. The fourth-order valence-electron chi connectivity index (χ4n) is 2.04. The number of benzene rings is 2. The summed E-state index contributed by atoms with van der Waals surface area (Å²) in [7, 11) is 0. The second-order valence-corrected chi connectivity index (χ2v) is 5.49. The van der Waals surface area contributed by atoms with Gasteiger partial charge >= 0.3 is 6.18 Å². The molecule has 2 N–H and O–H groups in total. The summed E-state index contributed by atoms with van der Waals surface area (Å²) in [5.41, 5.74) is -0.737. The maximum Gasteiger partial charge on any atom is 0.416 e. The minimum Gasteiger partial charge on any atom is -0.338 e. The third kappa shape index (κ3) is 4.17. The summed E-state index contributed by atoms with van der Waals surface area (Å²) in [5.74, 6) is -0.473. The van der Waals surface area contributed by atoms with E-state index in [1.165, 1.54) is 24.4 Å². The maximum absolute atomic E-state index is 13.7. The van der Waals surface area contributed by atoms with Gasteiger partial charge in [0.25, 0.3) is 0 Å². The number of nitrogens with zero attached hydrogens (tertiary/aromatic N) is 3. The highest BCUT2D eigenvalue weighted by atomic mass is 35.5. The lowest BCUT2D eigenvalue weighted by atomic mass is 10.2. The third-order valence-electron chi connectivity index (χ3n) is 3.24. The molecule has 2 aromatic carbocycles. The summed E-state index contributed by atoms with van der Waals surface area (Å²) in [5, 5.41) is 12.7. The van der Waals surface area contributed by atoms with Gasteiger partial charge in [-0.15, -0.1) is 5.10 Å². The van der Waals surface area contributed by atoms with Crippen molar-refractivity contribution in [3.05, 3.63) is 65.1 Å². The van der Waals surface area contributed by atoms with E-state index in [0.29, 0.717) is 0 Å². The standard InChI is InChI=1S/C16H10ClF4N5/c17-10-6-5-9(16(19,20)21)7-13(10)23-14-8-22-26-15(25-14)24-12-4-2-1-3-11(12)18/h1-8H,(H2,23,24,25,26). The van der Waals surface area contributed by atoms with E-state index < -0.39 is 17.6 Å². The van der Waals surface area contributed by atoms with Crippen molar-refractivity contribution < 1.29 is 17.6 Å². The van der Waals surface area contributed by atoms with Gasteiger partial charge in [0.1, 0.15) is 5.82 Å². The molecule has 1 heterocycles. The van der Waals surface area contributed by atoms with Crippen molar-refractivity contribution in [2.24, 2.45) is 0 Å². The zero-order chi connectivity index (χ0) is 18.7. The van der Waals surface area contributed by atoms with Crippen LogP contribution in [0.2, 0.25) is 5.02 Å². The molecule has 0 spiro atoms. The summed E-state index contributed by atoms with van der Waals surface area (Å²) in [6.07, 6.45) is -3.31. The number of nitrogens with one attached hydrogen (secondary N) is 2. The first kappa shape index (κ1) is 17.9. The molecule has 10 heteroatoms. The first-order valence-corrected chi connectivity index (χ1v) is 7.56. The van der Waals surface area contributed by atoms with Gasteiger partial charge in [0.2, 0.25) is 5.95 Å². The Balaban J connectivity index is 1.84. The molecule has 0 bridgehead atoms. The van der Waals surface area contributed by atoms with Gasteiger partial charge in [0.05, 0.1) is 28.2 Å². The van der Waals surface area contributed by atoms with Crippen molar-refractivity contribution in [2.45, 2.75) is 6.18 Å². The summed E-state index contributed by atoms with van der Waals surface area (Å²) >= 11 is 5.93. The summed E-state index contributed by atoms with van der Waals surface area (Å²) in [6.45, 7) is 0. The van der Waals surface area contributed by atoms with Crippen molar-refractivity contribution in [3.8, 4) is 0 Å². The highest BCUT2D eigenvalue weighted by Crippen LogP contribution is 2.34. The van der Waals surface area contributed by atoms with E-state index in [0.717, 1.165) is 18.2 Å². The summed E-state index contributed by atoms with van der Waals surface area (Å²) in [4.78, 5) is 4.03. The topological polar surface area (TPSA) is 62.7 Å². The van der Waals surface area contributed by atoms with Crippen LogP contribution in [0.3, 0.4) is 0 Å². The molecule has 0 aliphatic rings. The molecule has 0 saturated heterocycles. The fraction of sp³-hybridized carbons (Fsp3) is 0.0625. The quantitative estimate of drug-likeness (QED) is 0.608. The predicted molar refractivity (Wildman–Crippen MR) is 89.2 cm³/mol. The Hall–Kier alpha value is -2.94. The first-order valence-electron chi connectivity index (χ1n) is 7.18. The van der Waals surface area contributed by atoms with Gasteiger partial charge in [-0.25, -0.2) is 4.39 Å². The molecular formula is C16H10ClF4N5. The van der Waals surface area contributed by atoms with Gasteiger partial charge in [-0.05, 0) is 30.3 Å². The van der Waals surface area contributed by atoms with Crippen LogP contribution in [0.4, 0.5) is 40.7 Å². The molecule has 0 fully saturated rings. The maximum atomic E-state index is 13.7. The lowest BCUT2D eigenvalue weighted by Gasteiger charge is -2.12. The lowest BCUT2D eigenvalue weighted by Crippen LogP contribution is -2.07. The third-order valence-corrected chi connectivity index (χ3v) is 3.57. The number of halogens is 5. The second kappa shape index (κ2) is 7.12. The van der Waals surface area contributed by atoms with Crippen LogP contribution < -0.4 is 10.6 Å². The lowest BCUT2D eigenvalue weighted by molar-refractivity contribution is -0.137. The van der Waals surface area contributed by atoms with E-state index in [1.54, 1.807) is 6.07 Å². The highest BCUT2D eigenvalue weighted by molar-refractivity contribution is 6.33. The number of para-hydroxylation sites is 1. The van der Waals surface area contributed by atoms with Gasteiger partial charge < -0.3 is 10.6 Å². The van der Waals surface area contributed by atoms with Gasteiger partial charge in [-0.2, -0.15) is 23.3 Å². The van der Waals surface area contributed by atoms with Gasteiger partial charge in [0.15, 0.2) is 5.82 Å². The average Bonchev–Trinajstić information content (AvgIpc) is 2.58. The minimum absolute atomic E-state index is 0.00108. The van der Waals surface area contributed by atoms with E-state index in [4.69, 9.17) is 11.6 Å². The molecule has 26 heavy (non-hydrogen) atoms. The predicted octanol–water partition coefficient (Wildman–Crippen LogP) is 5.17. The molecule has 5 nitrogen and oxygen atoms in total. The highest BCUT2D eigenvalue weighted by Gasteiger charge is 2.31. The van der Waals surface area contributed by atoms with Gasteiger partial charge in [-0.3, -0.25) is 0 Å². The molecular weight excluding hydrogens is 374 g/mol. The van der Waals surface area contributed by atoms with E-state index in [1.807, 2.05) is 0 Å². The molecule has 0 aliphatic heterocycles. The van der Waals surface area contributed by atoms with Crippen LogP contribution in [0.1, 0.15) is 5.56 Å².